The van der Waals surface area contributed by atoms with Gasteiger partial charge in [0.05, 0.1) is 13.5 Å². The van der Waals surface area contributed by atoms with E-state index in [0.29, 0.717) is 73.8 Å². The maximum atomic E-state index is 15.0. The van der Waals surface area contributed by atoms with Gasteiger partial charge in [-0.25, -0.2) is 13.6 Å². The van der Waals surface area contributed by atoms with E-state index in [9.17, 15) is 28.0 Å². The molecule has 2 aromatic rings. The van der Waals surface area contributed by atoms with Crippen LogP contribution >= 0.6 is 0 Å². The van der Waals surface area contributed by atoms with Crippen LogP contribution in [0.5, 0.6) is 5.75 Å². The minimum Gasteiger partial charge on any atom is -0.491 e. The van der Waals surface area contributed by atoms with Crippen molar-refractivity contribution in [1.29, 1.82) is 0 Å². The van der Waals surface area contributed by atoms with Crippen LogP contribution in [0, 0.1) is 17.7 Å². The predicted octanol–water partition coefficient (Wildman–Crippen LogP) is 7.11. The quantitative estimate of drug-likeness (QED) is 0.207. The molecule has 2 saturated heterocycles. The van der Waals surface area contributed by atoms with E-state index in [-0.39, 0.29) is 43.2 Å². The fourth-order valence-corrected chi connectivity index (χ4v) is 6.60. The Bertz CT molecular complexity index is 1430. The van der Waals surface area contributed by atoms with Gasteiger partial charge in [0.2, 0.25) is 5.91 Å². The van der Waals surface area contributed by atoms with E-state index in [2.05, 4.69) is 0 Å². The van der Waals surface area contributed by atoms with E-state index >= 15 is 0 Å². The van der Waals surface area contributed by atoms with Crippen molar-refractivity contribution < 1.29 is 42.2 Å². The van der Waals surface area contributed by atoms with Gasteiger partial charge >= 0.3 is 12.1 Å². The Morgan fingerprint density at radius 1 is 0.918 bits per heavy atom. The van der Waals surface area contributed by atoms with Gasteiger partial charge in [0, 0.05) is 50.9 Å². The van der Waals surface area contributed by atoms with Crippen LogP contribution in [0.15, 0.2) is 42.5 Å². The molecule has 11 heteroatoms. The Hall–Kier alpha value is -4.02. The number of benzene rings is 2. The highest BCUT2D eigenvalue weighted by atomic mass is 19.1. The maximum Gasteiger partial charge on any atom is 0.410 e. The lowest BCUT2D eigenvalue weighted by Gasteiger charge is -2.35. The second-order valence-corrected chi connectivity index (χ2v) is 14.1. The van der Waals surface area contributed by atoms with Gasteiger partial charge in [-0.15, -0.1) is 0 Å². The highest BCUT2D eigenvalue weighted by Gasteiger charge is 2.32. The minimum atomic E-state index is -0.612. The summed E-state index contributed by atoms with van der Waals surface area (Å²) < 4.78 is 43.1. The summed E-state index contributed by atoms with van der Waals surface area (Å²) in [7, 11) is 1.28. The Morgan fingerprint density at radius 3 is 2.29 bits per heavy atom. The lowest BCUT2D eigenvalue weighted by atomic mass is 9.83. The van der Waals surface area contributed by atoms with Crippen LogP contribution in [0.4, 0.5) is 13.6 Å². The minimum absolute atomic E-state index is 0.0108. The molecule has 4 rings (SSSR count). The summed E-state index contributed by atoms with van der Waals surface area (Å²) in [5.74, 6) is -1.21. The molecule has 0 saturated carbocycles. The number of carbonyl (C=O) groups is 4. The zero-order valence-corrected chi connectivity index (χ0v) is 29.2. The first-order valence-electron chi connectivity index (χ1n) is 17.3. The second-order valence-electron chi connectivity index (χ2n) is 14.1. The average molecular weight is 685 g/mol. The number of hydrogen-bond acceptors (Lipinski definition) is 7. The molecule has 2 aromatic carbocycles. The molecule has 2 amide bonds. The topological polar surface area (TPSA) is 102 Å². The fraction of sp³-hybridized carbons (Fsp3) is 0.579. The Kier molecular flexibility index (Phi) is 13.6. The van der Waals surface area contributed by atoms with Crippen molar-refractivity contribution in [2.24, 2.45) is 11.8 Å². The number of amides is 2. The lowest BCUT2D eigenvalue weighted by Crippen LogP contribution is -2.43. The van der Waals surface area contributed by atoms with E-state index in [1.807, 2.05) is 20.8 Å². The van der Waals surface area contributed by atoms with Crippen LogP contribution in [0.25, 0.3) is 11.1 Å². The number of rotatable bonds is 13. The first-order chi connectivity index (χ1) is 23.3. The van der Waals surface area contributed by atoms with Crippen LogP contribution in [-0.2, 0) is 23.9 Å². The summed E-state index contributed by atoms with van der Waals surface area (Å²) in [4.78, 5) is 55.3. The molecule has 0 aromatic heterocycles. The van der Waals surface area contributed by atoms with Gasteiger partial charge in [-0.1, -0.05) is 18.2 Å². The van der Waals surface area contributed by atoms with Gasteiger partial charge < -0.3 is 24.0 Å². The fourth-order valence-electron chi connectivity index (χ4n) is 6.60. The predicted molar refractivity (Wildman–Crippen MR) is 181 cm³/mol. The summed E-state index contributed by atoms with van der Waals surface area (Å²) >= 11 is 0. The maximum absolute atomic E-state index is 15.0. The van der Waals surface area contributed by atoms with E-state index in [0.717, 1.165) is 19.3 Å². The van der Waals surface area contributed by atoms with Gasteiger partial charge in [-0.3, -0.25) is 14.4 Å². The number of Topliss-reactive ketones (excluding diaryl/α,β-unsaturated/α-hetero) is 1. The Balaban J connectivity index is 1.35. The van der Waals surface area contributed by atoms with Crippen molar-refractivity contribution in [3.63, 3.8) is 0 Å². The lowest BCUT2D eigenvalue weighted by molar-refractivity contribution is -0.141. The van der Waals surface area contributed by atoms with Gasteiger partial charge in [0.25, 0.3) is 0 Å². The number of ether oxygens (including phenoxy) is 3. The van der Waals surface area contributed by atoms with Crippen molar-refractivity contribution in [2.75, 3.05) is 46.6 Å². The van der Waals surface area contributed by atoms with Gasteiger partial charge in [0.1, 0.15) is 36.2 Å². The van der Waals surface area contributed by atoms with Crippen LogP contribution in [-0.4, -0.2) is 85.7 Å². The molecule has 0 aliphatic carbocycles. The van der Waals surface area contributed by atoms with Crippen LogP contribution in [0.1, 0.15) is 83.6 Å². The molecule has 0 spiro atoms. The van der Waals surface area contributed by atoms with Crippen molar-refractivity contribution >= 4 is 23.8 Å². The molecular weight excluding hydrogens is 634 g/mol. The second kappa shape index (κ2) is 17.6. The first kappa shape index (κ1) is 37.8. The standard InChI is InChI=1S/C38H50F2N2O7/c1-38(2,3)49-37(46)41-17-13-26(14-18-41)7-12-35(44)42-16-5-6-28(25-42)34(43)23-31(24-36(45)47-4)30-20-29(21-32(40)22-30)27-8-10-33(11-9-27)48-19-15-39/h8-11,20-22,26,28,31H,5-7,12-19,23-25H2,1-4H3/t28-,31?/m1/s1. The van der Waals surface area contributed by atoms with E-state index in [1.54, 1.807) is 40.1 Å². The third kappa shape index (κ3) is 11.5. The summed E-state index contributed by atoms with van der Waals surface area (Å²) in [5.41, 5.74) is 1.24. The number of likely N-dealkylation sites (tertiary alicyclic amines) is 2. The molecule has 0 N–H and O–H groups in total. The molecule has 2 aliphatic heterocycles. The molecule has 9 nitrogen and oxygen atoms in total. The normalized spacial score (nSPS) is 17.7. The van der Waals surface area contributed by atoms with E-state index in [4.69, 9.17) is 14.2 Å². The monoisotopic (exact) mass is 684 g/mol. The van der Waals surface area contributed by atoms with Gasteiger partial charge in [-0.2, -0.15) is 0 Å². The number of hydrogen-bond donors (Lipinski definition) is 0. The van der Waals surface area contributed by atoms with Crippen molar-refractivity contribution in [3.8, 4) is 16.9 Å². The highest BCUT2D eigenvalue weighted by Crippen LogP contribution is 2.33. The molecule has 49 heavy (non-hydrogen) atoms. The van der Waals surface area contributed by atoms with Gasteiger partial charge in [0.15, 0.2) is 0 Å². The number of carbonyl (C=O) groups excluding carboxylic acids is 4. The molecule has 0 radical (unpaired) electrons. The molecule has 268 valence electrons. The van der Waals surface area contributed by atoms with Gasteiger partial charge in [-0.05, 0) is 99.7 Å². The third-order valence-corrected chi connectivity index (χ3v) is 9.28. The van der Waals surface area contributed by atoms with Crippen molar-refractivity contribution in [1.82, 2.24) is 9.80 Å². The van der Waals surface area contributed by atoms with Crippen molar-refractivity contribution in [2.45, 2.75) is 83.7 Å². The van der Waals surface area contributed by atoms with Crippen LogP contribution < -0.4 is 4.74 Å². The zero-order valence-electron chi connectivity index (χ0n) is 29.2. The number of alkyl halides is 1. The molecule has 1 unspecified atom stereocenters. The first-order valence-corrected chi connectivity index (χ1v) is 17.3. The molecule has 2 aliphatic rings. The number of methoxy groups -OCH3 is 1. The summed E-state index contributed by atoms with van der Waals surface area (Å²) in [5, 5.41) is 0. The average Bonchev–Trinajstić information content (AvgIpc) is 3.08. The summed E-state index contributed by atoms with van der Waals surface area (Å²) in [6.45, 7) is 7.01. The smallest absolute Gasteiger partial charge is 0.410 e. The molecule has 2 fully saturated rings. The SMILES string of the molecule is COC(=O)CC(CC(=O)[C@@H]1CCCN(C(=O)CCC2CCN(C(=O)OC(C)(C)C)CC2)C1)c1cc(F)cc(-c2ccc(OCCF)cc2)c1. The largest absolute Gasteiger partial charge is 0.491 e. The number of esters is 1. The van der Waals surface area contributed by atoms with Crippen molar-refractivity contribution in [3.05, 3.63) is 53.8 Å². The molecular formula is C38H50F2N2O7. The zero-order chi connectivity index (χ0) is 35.6. The molecule has 2 atom stereocenters. The third-order valence-electron chi connectivity index (χ3n) is 9.28. The molecule has 0 bridgehead atoms. The Labute approximate surface area is 288 Å². The van der Waals surface area contributed by atoms with E-state index in [1.165, 1.54) is 19.2 Å². The summed E-state index contributed by atoms with van der Waals surface area (Å²) in [6, 6.07) is 11.3. The number of halogens is 2. The number of piperidine rings is 2. The Morgan fingerprint density at radius 2 is 1.63 bits per heavy atom. The van der Waals surface area contributed by atoms with Crippen LogP contribution in [0.2, 0.25) is 0 Å². The highest BCUT2D eigenvalue weighted by molar-refractivity contribution is 5.84. The molecule has 2 heterocycles. The van der Waals surface area contributed by atoms with E-state index < -0.39 is 30.0 Å². The number of ketones is 1. The number of nitrogens with zero attached hydrogens (tertiary/aromatic N) is 2. The summed E-state index contributed by atoms with van der Waals surface area (Å²) in [6.07, 6.45) is 3.71. The van der Waals surface area contributed by atoms with Crippen LogP contribution in [0.3, 0.4) is 0 Å².